The molecule has 5 N–H and O–H groups in total. The number of nitrogens with zero attached hydrogens (tertiary/aromatic N) is 4. The Morgan fingerprint density at radius 3 is 2.58 bits per heavy atom. The highest BCUT2D eigenvalue weighted by atomic mass is 32.2. The number of hydrogen-bond acceptors (Lipinski definition) is 9. The zero-order chi connectivity index (χ0) is 23.6. The van der Waals surface area contributed by atoms with Crippen LogP contribution in [0.2, 0.25) is 0 Å². The SMILES string of the molecule is CCOc1ccc(/C=N/Nc2nnc(SCC(=O)Nc3cccc(NC(C)=O)c3)n2N)cc1. The van der Waals surface area contributed by atoms with Crippen LogP contribution >= 0.6 is 11.8 Å². The summed E-state index contributed by atoms with van der Waals surface area (Å²) in [4.78, 5) is 23.4. The van der Waals surface area contributed by atoms with Crippen LogP contribution < -0.4 is 26.6 Å². The van der Waals surface area contributed by atoms with Crippen LogP contribution in [0.3, 0.4) is 0 Å². The minimum absolute atomic E-state index is 0.0646. The molecule has 2 amide bonds. The van der Waals surface area contributed by atoms with Crippen molar-refractivity contribution in [3.05, 3.63) is 54.1 Å². The lowest BCUT2D eigenvalue weighted by Crippen LogP contribution is -2.17. The molecule has 1 aromatic heterocycles. The molecule has 0 radical (unpaired) electrons. The van der Waals surface area contributed by atoms with E-state index in [1.165, 1.54) is 11.6 Å². The van der Waals surface area contributed by atoms with Gasteiger partial charge in [-0.3, -0.25) is 9.59 Å². The number of hydrazone groups is 1. The first-order valence-electron chi connectivity index (χ1n) is 9.97. The third kappa shape index (κ3) is 7.25. The smallest absolute Gasteiger partial charge is 0.264 e. The number of nitrogen functional groups attached to an aromatic ring is 1. The van der Waals surface area contributed by atoms with Gasteiger partial charge in [0.05, 0.1) is 18.6 Å². The van der Waals surface area contributed by atoms with Gasteiger partial charge in [-0.15, -0.1) is 10.2 Å². The number of nitrogens with one attached hydrogen (secondary N) is 3. The second-order valence-electron chi connectivity index (χ2n) is 6.65. The van der Waals surface area contributed by atoms with Crippen LogP contribution in [-0.4, -0.2) is 45.3 Å². The van der Waals surface area contributed by atoms with Crippen molar-refractivity contribution in [2.45, 2.75) is 19.0 Å². The van der Waals surface area contributed by atoms with Gasteiger partial charge in [0, 0.05) is 18.3 Å². The maximum Gasteiger partial charge on any atom is 0.264 e. The second-order valence-corrected chi connectivity index (χ2v) is 7.59. The van der Waals surface area contributed by atoms with Crippen LogP contribution in [0.4, 0.5) is 17.3 Å². The van der Waals surface area contributed by atoms with Crippen LogP contribution in [0.25, 0.3) is 0 Å². The van der Waals surface area contributed by atoms with Gasteiger partial charge in [0.25, 0.3) is 5.95 Å². The van der Waals surface area contributed by atoms with Crippen molar-refractivity contribution in [3.63, 3.8) is 0 Å². The highest BCUT2D eigenvalue weighted by Crippen LogP contribution is 2.19. The quantitative estimate of drug-likeness (QED) is 0.153. The highest BCUT2D eigenvalue weighted by Gasteiger charge is 2.12. The number of aromatic nitrogens is 3. The summed E-state index contributed by atoms with van der Waals surface area (Å²) in [5, 5.41) is 17.8. The Labute approximate surface area is 194 Å². The van der Waals surface area contributed by atoms with E-state index in [2.05, 4.69) is 31.4 Å². The van der Waals surface area contributed by atoms with E-state index in [4.69, 9.17) is 10.6 Å². The van der Waals surface area contributed by atoms with Crippen molar-refractivity contribution in [2.75, 3.05) is 34.3 Å². The molecule has 0 atom stereocenters. The second kappa shape index (κ2) is 11.5. The Morgan fingerprint density at radius 1 is 1.15 bits per heavy atom. The van der Waals surface area contributed by atoms with Crippen molar-refractivity contribution < 1.29 is 14.3 Å². The largest absolute Gasteiger partial charge is 0.494 e. The van der Waals surface area contributed by atoms with E-state index in [-0.39, 0.29) is 23.5 Å². The predicted molar refractivity (Wildman–Crippen MR) is 129 cm³/mol. The van der Waals surface area contributed by atoms with Crippen molar-refractivity contribution in [2.24, 2.45) is 5.10 Å². The number of ether oxygens (including phenoxy) is 1. The number of thioether (sulfide) groups is 1. The van der Waals surface area contributed by atoms with Crippen molar-refractivity contribution in [1.29, 1.82) is 0 Å². The number of carbonyl (C=O) groups is 2. The third-order valence-electron chi connectivity index (χ3n) is 4.03. The van der Waals surface area contributed by atoms with Crippen LogP contribution in [-0.2, 0) is 9.59 Å². The lowest BCUT2D eigenvalue weighted by atomic mass is 10.2. The molecule has 0 bridgehead atoms. The number of rotatable bonds is 10. The predicted octanol–water partition coefficient (Wildman–Crippen LogP) is 2.53. The molecule has 0 saturated heterocycles. The number of anilines is 3. The summed E-state index contributed by atoms with van der Waals surface area (Å²) in [7, 11) is 0. The first-order chi connectivity index (χ1) is 15.9. The van der Waals surface area contributed by atoms with E-state index in [0.717, 1.165) is 23.1 Å². The standard InChI is InChI=1S/C21H24N8O3S/c1-3-32-18-9-7-15(8-10-18)12-23-26-20-27-28-21(29(20)22)33-13-19(31)25-17-6-4-5-16(11-17)24-14(2)30/h4-12H,3,13,22H2,1-2H3,(H,24,30)(H,25,31)(H,26,27)/b23-12+. The van der Waals surface area contributed by atoms with Gasteiger partial charge in [0.15, 0.2) is 0 Å². The summed E-state index contributed by atoms with van der Waals surface area (Å²) in [6, 6.07) is 14.3. The summed E-state index contributed by atoms with van der Waals surface area (Å²) in [5.41, 5.74) is 4.74. The average Bonchev–Trinajstić information content (AvgIpc) is 3.13. The van der Waals surface area contributed by atoms with Gasteiger partial charge in [-0.25, -0.2) is 10.1 Å². The summed E-state index contributed by atoms with van der Waals surface area (Å²) >= 11 is 1.12. The number of amides is 2. The normalized spacial score (nSPS) is 10.7. The summed E-state index contributed by atoms with van der Waals surface area (Å²) in [6.07, 6.45) is 1.61. The molecule has 0 aliphatic carbocycles. The monoisotopic (exact) mass is 468 g/mol. The molecule has 172 valence electrons. The van der Waals surface area contributed by atoms with Gasteiger partial charge >= 0.3 is 0 Å². The molecule has 11 nitrogen and oxygen atoms in total. The Balaban J connectivity index is 1.50. The maximum absolute atomic E-state index is 12.3. The zero-order valence-corrected chi connectivity index (χ0v) is 18.9. The first-order valence-corrected chi connectivity index (χ1v) is 11.0. The number of nitrogens with two attached hydrogens (primary N) is 1. The summed E-state index contributed by atoms with van der Waals surface area (Å²) in [5.74, 6) is 6.62. The molecule has 12 heteroatoms. The number of benzene rings is 2. The van der Waals surface area contributed by atoms with Gasteiger partial charge in [-0.2, -0.15) is 5.10 Å². The van der Waals surface area contributed by atoms with Crippen molar-refractivity contribution in [1.82, 2.24) is 14.9 Å². The molecule has 0 fully saturated rings. The van der Waals surface area contributed by atoms with E-state index in [1.807, 2.05) is 31.2 Å². The van der Waals surface area contributed by atoms with E-state index in [9.17, 15) is 9.59 Å². The molecular formula is C21H24N8O3S. The minimum atomic E-state index is -0.258. The topological polar surface area (TPSA) is 149 Å². The van der Waals surface area contributed by atoms with Gasteiger partial charge in [0.2, 0.25) is 17.0 Å². The van der Waals surface area contributed by atoms with Crippen LogP contribution in [0.15, 0.2) is 58.8 Å². The summed E-state index contributed by atoms with van der Waals surface area (Å²) in [6.45, 7) is 3.95. The van der Waals surface area contributed by atoms with Crippen LogP contribution in [0.1, 0.15) is 19.4 Å². The van der Waals surface area contributed by atoms with Crippen molar-refractivity contribution in [3.8, 4) is 5.75 Å². The average molecular weight is 469 g/mol. The molecule has 0 saturated carbocycles. The molecule has 1 heterocycles. The van der Waals surface area contributed by atoms with Crippen LogP contribution in [0.5, 0.6) is 5.75 Å². The van der Waals surface area contributed by atoms with Gasteiger partial charge in [-0.1, -0.05) is 17.8 Å². The molecule has 33 heavy (non-hydrogen) atoms. The molecule has 3 aromatic rings. The number of carbonyl (C=O) groups excluding carboxylic acids is 2. The van der Waals surface area contributed by atoms with Crippen LogP contribution in [0, 0.1) is 0 Å². The summed E-state index contributed by atoms with van der Waals surface area (Å²) < 4.78 is 6.61. The fraction of sp³-hybridized carbons (Fsp3) is 0.190. The molecule has 0 unspecified atom stereocenters. The third-order valence-corrected chi connectivity index (χ3v) is 4.98. The van der Waals surface area contributed by atoms with Gasteiger partial charge in [0.1, 0.15) is 5.75 Å². The minimum Gasteiger partial charge on any atom is -0.494 e. The Bertz CT molecular complexity index is 1130. The van der Waals surface area contributed by atoms with E-state index < -0.39 is 0 Å². The lowest BCUT2D eigenvalue weighted by Gasteiger charge is -2.07. The molecule has 2 aromatic carbocycles. The van der Waals surface area contributed by atoms with E-state index in [0.29, 0.717) is 23.1 Å². The molecule has 3 rings (SSSR count). The van der Waals surface area contributed by atoms with E-state index >= 15 is 0 Å². The Kier molecular flexibility index (Phi) is 8.24. The Hall–Kier alpha value is -4.06. The first kappa shape index (κ1) is 23.6. The zero-order valence-electron chi connectivity index (χ0n) is 18.1. The van der Waals surface area contributed by atoms with E-state index in [1.54, 1.807) is 30.5 Å². The van der Waals surface area contributed by atoms with Gasteiger partial charge < -0.3 is 21.2 Å². The fourth-order valence-electron chi connectivity index (χ4n) is 2.64. The molecule has 0 aliphatic heterocycles. The highest BCUT2D eigenvalue weighted by molar-refractivity contribution is 7.99. The number of hydrogen-bond donors (Lipinski definition) is 4. The molecular weight excluding hydrogens is 444 g/mol. The maximum atomic E-state index is 12.3. The Morgan fingerprint density at radius 2 is 1.88 bits per heavy atom. The van der Waals surface area contributed by atoms with Crippen molar-refractivity contribution >= 4 is 47.1 Å². The lowest BCUT2D eigenvalue weighted by molar-refractivity contribution is -0.114. The molecule has 0 spiro atoms. The fourth-order valence-corrected chi connectivity index (χ4v) is 3.29. The molecule has 0 aliphatic rings. The van der Waals surface area contributed by atoms with Gasteiger partial charge in [-0.05, 0) is 55.0 Å².